The van der Waals surface area contributed by atoms with Crippen LogP contribution in [0.4, 0.5) is 0 Å². The molecule has 2 aromatic heterocycles. The molecule has 0 aliphatic carbocycles. The number of nitrogens with zero attached hydrogens (tertiary/aromatic N) is 1. The summed E-state index contributed by atoms with van der Waals surface area (Å²) in [6.07, 6.45) is 3.79. The van der Waals surface area contributed by atoms with E-state index in [0.717, 1.165) is 27.7 Å². The van der Waals surface area contributed by atoms with Crippen LogP contribution in [-0.4, -0.2) is 16.5 Å². The number of hydrogen-bond acceptors (Lipinski definition) is 5. The van der Waals surface area contributed by atoms with E-state index in [1.807, 2.05) is 24.5 Å². The third kappa shape index (κ3) is 2.47. The normalized spacial score (nSPS) is 11.2. The number of H-pyrrole nitrogens is 1. The first kappa shape index (κ1) is 13.9. The van der Waals surface area contributed by atoms with E-state index in [1.54, 1.807) is 18.0 Å². The Morgan fingerprint density at radius 1 is 1.09 bits per heavy atom. The Labute approximate surface area is 135 Å². The Bertz CT molecular complexity index is 1030. The monoisotopic (exact) mass is 324 g/mol. The van der Waals surface area contributed by atoms with Gasteiger partial charge in [-0.3, -0.25) is 0 Å². The van der Waals surface area contributed by atoms with Crippen molar-refractivity contribution >= 4 is 22.7 Å². The Morgan fingerprint density at radius 3 is 2.57 bits per heavy atom. The summed E-state index contributed by atoms with van der Waals surface area (Å²) in [5.41, 5.74) is 3.56. The molecular formula is C17H12N2O3S. The number of benzene rings is 2. The van der Waals surface area contributed by atoms with Gasteiger partial charge in [-0.05, 0) is 42.2 Å². The van der Waals surface area contributed by atoms with E-state index in [-0.39, 0.29) is 5.89 Å². The van der Waals surface area contributed by atoms with Gasteiger partial charge in [-0.1, -0.05) is 12.1 Å². The summed E-state index contributed by atoms with van der Waals surface area (Å²) in [7, 11) is 0. The Balaban J connectivity index is 1.85. The molecule has 6 heteroatoms. The molecule has 0 spiro atoms. The van der Waals surface area contributed by atoms with Crippen molar-refractivity contribution in [3.05, 3.63) is 59.3 Å². The number of aromatic amines is 1. The molecule has 0 saturated heterocycles. The van der Waals surface area contributed by atoms with E-state index in [1.165, 1.54) is 4.90 Å². The highest BCUT2D eigenvalue weighted by atomic mass is 32.2. The number of fused-ring (bicyclic) bond motifs is 1. The number of nitrogens with one attached hydrogen (secondary N) is 1. The van der Waals surface area contributed by atoms with Crippen molar-refractivity contribution < 1.29 is 8.83 Å². The summed E-state index contributed by atoms with van der Waals surface area (Å²) in [5, 5.41) is 7.08. The van der Waals surface area contributed by atoms with Gasteiger partial charge in [0.2, 0.25) is 5.89 Å². The molecule has 2 aromatic carbocycles. The summed E-state index contributed by atoms with van der Waals surface area (Å²) in [6.45, 7) is 0. The second-order valence-electron chi connectivity index (χ2n) is 5.01. The second kappa shape index (κ2) is 5.48. The zero-order chi connectivity index (χ0) is 15.8. The van der Waals surface area contributed by atoms with Crippen LogP contribution in [0.2, 0.25) is 0 Å². The summed E-state index contributed by atoms with van der Waals surface area (Å²) in [6, 6.07) is 13.9. The summed E-state index contributed by atoms with van der Waals surface area (Å²) < 4.78 is 10.6. The fourth-order valence-electron chi connectivity index (χ4n) is 2.51. The van der Waals surface area contributed by atoms with Gasteiger partial charge in [-0.25, -0.2) is 9.89 Å². The van der Waals surface area contributed by atoms with Crippen LogP contribution in [0.25, 0.3) is 33.6 Å². The van der Waals surface area contributed by atoms with Crippen molar-refractivity contribution in [2.45, 2.75) is 4.90 Å². The van der Waals surface area contributed by atoms with Gasteiger partial charge < -0.3 is 8.83 Å². The average Bonchev–Trinajstić information content (AvgIpc) is 3.20. The highest BCUT2D eigenvalue weighted by molar-refractivity contribution is 7.98. The maximum absolute atomic E-state index is 11.1. The van der Waals surface area contributed by atoms with Crippen molar-refractivity contribution in [2.24, 2.45) is 0 Å². The van der Waals surface area contributed by atoms with Crippen molar-refractivity contribution in [1.29, 1.82) is 0 Å². The van der Waals surface area contributed by atoms with Gasteiger partial charge in [0.1, 0.15) is 5.58 Å². The van der Waals surface area contributed by atoms with Gasteiger partial charge in [0.15, 0.2) is 0 Å². The predicted octanol–water partition coefficient (Wildman–Crippen LogP) is 4.17. The first-order valence-electron chi connectivity index (χ1n) is 6.96. The van der Waals surface area contributed by atoms with Gasteiger partial charge in [-0.15, -0.1) is 16.9 Å². The molecule has 1 N–H and O–H groups in total. The second-order valence-corrected chi connectivity index (χ2v) is 5.89. The van der Waals surface area contributed by atoms with Gasteiger partial charge >= 0.3 is 5.76 Å². The molecule has 4 rings (SSSR count). The van der Waals surface area contributed by atoms with Gasteiger partial charge in [0, 0.05) is 21.4 Å². The number of furan rings is 1. The highest BCUT2D eigenvalue weighted by Gasteiger charge is 2.12. The minimum absolute atomic E-state index is 0.266. The standard InChI is InChI=1S/C17H12N2O3S/c1-23-12-5-2-10(3-6-12)14-9-21-15-7-4-11(8-13(14)15)16-18-19-17(20)22-16/h2-9H,1H3,(H,19,20). The minimum atomic E-state index is -0.569. The third-order valence-corrected chi connectivity index (χ3v) is 4.40. The number of hydrogen-bond donors (Lipinski definition) is 1. The number of thioether (sulfide) groups is 1. The summed E-state index contributed by atoms with van der Waals surface area (Å²) >= 11 is 1.70. The van der Waals surface area contributed by atoms with Gasteiger partial charge in [0.25, 0.3) is 0 Å². The van der Waals surface area contributed by atoms with Crippen LogP contribution < -0.4 is 5.76 Å². The number of rotatable bonds is 3. The molecule has 0 bridgehead atoms. The molecule has 0 unspecified atom stereocenters. The molecule has 114 valence electrons. The molecular weight excluding hydrogens is 312 g/mol. The van der Waals surface area contributed by atoms with Crippen molar-refractivity contribution in [1.82, 2.24) is 10.2 Å². The van der Waals surface area contributed by atoms with Crippen molar-refractivity contribution in [3.63, 3.8) is 0 Å². The quantitative estimate of drug-likeness (QED) is 0.573. The lowest BCUT2D eigenvalue weighted by Gasteiger charge is -2.01. The van der Waals surface area contributed by atoms with Crippen LogP contribution in [0.3, 0.4) is 0 Å². The van der Waals surface area contributed by atoms with Gasteiger partial charge in [-0.2, -0.15) is 0 Å². The van der Waals surface area contributed by atoms with E-state index in [9.17, 15) is 4.79 Å². The zero-order valence-electron chi connectivity index (χ0n) is 12.2. The molecule has 0 saturated carbocycles. The highest BCUT2D eigenvalue weighted by Crippen LogP contribution is 2.33. The first-order valence-corrected chi connectivity index (χ1v) is 8.18. The first-order chi connectivity index (χ1) is 11.2. The van der Waals surface area contributed by atoms with Crippen LogP contribution in [0.15, 0.2) is 67.3 Å². The molecule has 0 fully saturated rings. The molecule has 5 nitrogen and oxygen atoms in total. The molecule has 0 aliphatic heterocycles. The van der Waals surface area contributed by atoms with Crippen LogP contribution in [0.5, 0.6) is 0 Å². The topological polar surface area (TPSA) is 72.0 Å². The van der Waals surface area contributed by atoms with Crippen LogP contribution in [-0.2, 0) is 0 Å². The van der Waals surface area contributed by atoms with Crippen LogP contribution in [0, 0.1) is 0 Å². The van der Waals surface area contributed by atoms with E-state index in [4.69, 9.17) is 8.83 Å². The molecule has 0 atom stereocenters. The van der Waals surface area contributed by atoms with E-state index < -0.39 is 5.76 Å². The SMILES string of the molecule is CSc1ccc(-c2coc3ccc(-c4n[nH]c(=O)o4)cc23)cc1. The fraction of sp³-hybridized carbons (Fsp3) is 0.0588. The van der Waals surface area contributed by atoms with Gasteiger partial charge in [0.05, 0.1) is 6.26 Å². The average molecular weight is 324 g/mol. The van der Waals surface area contributed by atoms with E-state index in [2.05, 4.69) is 34.5 Å². The number of aromatic nitrogens is 2. The molecule has 0 amide bonds. The van der Waals surface area contributed by atoms with Crippen LogP contribution in [0.1, 0.15) is 0 Å². The Morgan fingerprint density at radius 2 is 1.87 bits per heavy atom. The lowest BCUT2D eigenvalue weighted by molar-refractivity contribution is 0.527. The minimum Gasteiger partial charge on any atom is -0.464 e. The van der Waals surface area contributed by atoms with Crippen molar-refractivity contribution in [3.8, 4) is 22.6 Å². The molecule has 23 heavy (non-hydrogen) atoms. The largest absolute Gasteiger partial charge is 0.464 e. The zero-order valence-corrected chi connectivity index (χ0v) is 13.0. The van der Waals surface area contributed by atoms with E-state index in [0.29, 0.717) is 0 Å². The lowest BCUT2D eigenvalue weighted by Crippen LogP contribution is -1.93. The Hall–Kier alpha value is -2.73. The summed E-state index contributed by atoms with van der Waals surface area (Å²) in [4.78, 5) is 12.3. The molecule has 2 heterocycles. The maximum Gasteiger partial charge on any atom is 0.434 e. The summed E-state index contributed by atoms with van der Waals surface area (Å²) in [5.74, 6) is -0.304. The fourth-order valence-corrected chi connectivity index (χ4v) is 2.92. The molecule has 4 aromatic rings. The third-order valence-electron chi connectivity index (χ3n) is 3.66. The van der Waals surface area contributed by atoms with Crippen molar-refractivity contribution in [2.75, 3.05) is 6.26 Å². The lowest BCUT2D eigenvalue weighted by atomic mass is 10.0. The Kier molecular flexibility index (Phi) is 3.31. The predicted molar refractivity (Wildman–Crippen MR) is 89.5 cm³/mol. The smallest absolute Gasteiger partial charge is 0.434 e. The maximum atomic E-state index is 11.1. The molecule has 0 aliphatic rings. The van der Waals surface area contributed by atoms with E-state index >= 15 is 0 Å². The van der Waals surface area contributed by atoms with Crippen LogP contribution >= 0.6 is 11.8 Å². The molecule has 0 radical (unpaired) electrons.